The molecule has 2 aromatic rings. The van der Waals surface area contributed by atoms with Gasteiger partial charge in [0.25, 0.3) is 0 Å². The molecule has 1 heterocycles. The van der Waals surface area contributed by atoms with Gasteiger partial charge < -0.3 is 5.32 Å². The quantitative estimate of drug-likeness (QED) is 0.873. The molecule has 0 amide bonds. The fraction of sp³-hybridized carbons (Fsp3) is 0.0833. The van der Waals surface area contributed by atoms with Crippen LogP contribution in [0.4, 0.5) is 5.69 Å². The first-order valence-corrected chi connectivity index (χ1v) is 6.39. The maximum absolute atomic E-state index is 12.1. The van der Waals surface area contributed by atoms with Crippen LogP contribution in [0.1, 0.15) is 15.2 Å². The van der Waals surface area contributed by atoms with E-state index < -0.39 is 0 Å². The lowest BCUT2D eigenvalue weighted by molar-refractivity contribution is 0.104. The van der Waals surface area contributed by atoms with Crippen molar-refractivity contribution in [1.82, 2.24) is 0 Å². The summed E-state index contributed by atoms with van der Waals surface area (Å²) in [5.74, 6) is 0.0628. The Balaban J connectivity index is 2.33. The average molecular weight is 296 g/mol. The predicted octanol–water partition coefficient (Wildman–Crippen LogP) is 3.78. The molecule has 0 saturated heterocycles. The van der Waals surface area contributed by atoms with E-state index in [2.05, 4.69) is 21.2 Å². The highest BCUT2D eigenvalue weighted by atomic mass is 79.9. The summed E-state index contributed by atoms with van der Waals surface area (Å²) in [6.45, 7) is 0. The van der Waals surface area contributed by atoms with Crippen LogP contribution >= 0.6 is 27.3 Å². The first kappa shape index (κ1) is 11.4. The lowest BCUT2D eigenvalue weighted by atomic mass is 10.1. The molecule has 2 nitrogen and oxygen atoms in total. The van der Waals surface area contributed by atoms with Gasteiger partial charge in [-0.1, -0.05) is 12.1 Å². The van der Waals surface area contributed by atoms with Crippen LogP contribution in [0.25, 0.3) is 0 Å². The van der Waals surface area contributed by atoms with Crippen molar-refractivity contribution < 1.29 is 4.79 Å². The first-order chi connectivity index (χ1) is 7.70. The van der Waals surface area contributed by atoms with Crippen molar-refractivity contribution in [3.63, 3.8) is 0 Å². The van der Waals surface area contributed by atoms with Gasteiger partial charge in [0.05, 0.1) is 8.66 Å². The van der Waals surface area contributed by atoms with Gasteiger partial charge in [0.1, 0.15) is 0 Å². The zero-order valence-electron chi connectivity index (χ0n) is 8.66. The fourth-order valence-corrected chi connectivity index (χ4v) is 2.74. The van der Waals surface area contributed by atoms with E-state index in [0.717, 1.165) is 14.4 Å². The van der Waals surface area contributed by atoms with Crippen molar-refractivity contribution >= 4 is 38.7 Å². The van der Waals surface area contributed by atoms with Crippen LogP contribution in [-0.4, -0.2) is 12.8 Å². The molecule has 1 aromatic heterocycles. The van der Waals surface area contributed by atoms with Crippen LogP contribution in [0.5, 0.6) is 0 Å². The van der Waals surface area contributed by atoms with Crippen molar-refractivity contribution in [3.05, 3.63) is 50.6 Å². The number of thiophene rings is 1. The third kappa shape index (κ3) is 2.33. The van der Waals surface area contributed by atoms with Crippen LogP contribution in [0.3, 0.4) is 0 Å². The summed E-state index contributed by atoms with van der Waals surface area (Å²) in [5.41, 5.74) is 1.66. The maximum atomic E-state index is 12.1. The molecule has 0 bridgehead atoms. The van der Waals surface area contributed by atoms with Gasteiger partial charge in [-0.3, -0.25) is 4.79 Å². The van der Waals surface area contributed by atoms with E-state index in [9.17, 15) is 4.79 Å². The predicted molar refractivity (Wildman–Crippen MR) is 71.4 cm³/mol. The number of hydrogen-bond donors (Lipinski definition) is 1. The van der Waals surface area contributed by atoms with E-state index in [-0.39, 0.29) is 5.78 Å². The largest absolute Gasteiger partial charge is 0.388 e. The molecule has 2 rings (SSSR count). The van der Waals surface area contributed by atoms with Crippen molar-refractivity contribution in [3.8, 4) is 0 Å². The zero-order valence-corrected chi connectivity index (χ0v) is 11.1. The van der Waals surface area contributed by atoms with Gasteiger partial charge in [-0.2, -0.15) is 0 Å². The number of carbonyl (C=O) groups is 1. The third-order valence-corrected chi connectivity index (χ3v) is 3.83. The normalized spacial score (nSPS) is 10.1. The topological polar surface area (TPSA) is 29.1 Å². The van der Waals surface area contributed by atoms with Crippen molar-refractivity contribution in [2.45, 2.75) is 0 Å². The van der Waals surface area contributed by atoms with Crippen molar-refractivity contribution in [2.24, 2.45) is 0 Å². The standard InChI is InChI=1S/C12H10BrNOS/c1-14-9-4-2-3-8(7-9)12(15)10-5-6-11(13)16-10/h2-7,14H,1H3. The van der Waals surface area contributed by atoms with E-state index in [1.54, 1.807) is 0 Å². The molecule has 1 aromatic carbocycles. The molecule has 1 N–H and O–H groups in total. The van der Waals surface area contributed by atoms with Crippen LogP contribution < -0.4 is 5.32 Å². The van der Waals surface area contributed by atoms with Crippen LogP contribution in [0.2, 0.25) is 0 Å². The Morgan fingerprint density at radius 3 is 2.75 bits per heavy atom. The Morgan fingerprint density at radius 1 is 1.31 bits per heavy atom. The Bertz CT molecular complexity index is 521. The summed E-state index contributed by atoms with van der Waals surface area (Å²) in [4.78, 5) is 12.8. The van der Waals surface area contributed by atoms with Gasteiger partial charge in [-0.15, -0.1) is 11.3 Å². The lowest BCUT2D eigenvalue weighted by Gasteiger charge is -2.02. The van der Waals surface area contributed by atoms with E-state index in [4.69, 9.17) is 0 Å². The minimum absolute atomic E-state index is 0.0628. The number of anilines is 1. The summed E-state index contributed by atoms with van der Waals surface area (Å²) < 4.78 is 0.973. The number of halogens is 1. The number of rotatable bonds is 3. The SMILES string of the molecule is CNc1cccc(C(=O)c2ccc(Br)s2)c1. The zero-order chi connectivity index (χ0) is 11.5. The van der Waals surface area contributed by atoms with Gasteiger partial charge in [-0.05, 0) is 40.2 Å². The molecule has 0 radical (unpaired) electrons. The molecule has 0 aliphatic carbocycles. The second-order valence-corrected chi connectivity index (χ2v) is 5.73. The van der Waals surface area contributed by atoms with Crippen LogP contribution in [-0.2, 0) is 0 Å². The molecule has 0 aliphatic heterocycles. The van der Waals surface area contributed by atoms with Crippen LogP contribution in [0.15, 0.2) is 40.2 Å². The highest BCUT2D eigenvalue weighted by Crippen LogP contribution is 2.25. The maximum Gasteiger partial charge on any atom is 0.203 e. The molecule has 4 heteroatoms. The summed E-state index contributed by atoms with van der Waals surface area (Å²) in [5, 5.41) is 3.02. The van der Waals surface area contributed by atoms with Crippen molar-refractivity contribution in [2.75, 3.05) is 12.4 Å². The first-order valence-electron chi connectivity index (χ1n) is 4.78. The van der Waals surface area contributed by atoms with Crippen LogP contribution in [0, 0.1) is 0 Å². The third-order valence-electron chi connectivity index (χ3n) is 2.21. The Labute approximate surface area is 106 Å². The summed E-state index contributed by atoms with van der Waals surface area (Å²) >= 11 is 4.81. The summed E-state index contributed by atoms with van der Waals surface area (Å²) in [6.07, 6.45) is 0. The molecule has 0 atom stereocenters. The van der Waals surface area contributed by atoms with E-state index >= 15 is 0 Å². The van der Waals surface area contributed by atoms with E-state index in [1.165, 1.54) is 11.3 Å². The second kappa shape index (κ2) is 4.80. The fourth-order valence-electron chi connectivity index (χ4n) is 1.39. The summed E-state index contributed by atoms with van der Waals surface area (Å²) in [6, 6.07) is 11.2. The average Bonchev–Trinajstić information content (AvgIpc) is 2.75. The minimum atomic E-state index is 0.0628. The number of carbonyl (C=O) groups excluding carboxylic acids is 1. The highest BCUT2D eigenvalue weighted by molar-refractivity contribution is 9.11. The van der Waals surface area contributed by atoms with E-state index in [1.807, 2.05) is 43.4 Å². The Hall–Kier alpha value is -1.13. The van der Waals surface area contributed by atoms with Crippen molar-refractivity contribution in [1.29, 1.82) is 0 Å². The molecular formula is C12H10BrNOS. The molecule has 0 unspecified atom stereocenters. The molecule has 0 aliphatic rings. The summed E-state index contributed by atoms with van der Waals surface area (Å²) in [7, 11) is 1.84. The lowest BCUT2D eigenvalue weighted by Crippen LogP contribution is -1.99. The molecule has 0 spiro atoms. The molecule has 0 saturated carbocycles. The van der Waals surface area contributed by atoms with Gasteiger partial charge in [0, 0.05) is 18.3 Å². The Kier molecular flexibility index (Phi) is 3.41. The smallest absolute Gasteiger partial charge is 0.203 e. The molecule has 82 valence electrons. The van der Waals surface area contributed by atoms with Gasteiger partial charge in [0.15, 0.2) is 0 Å². The number of benzene rings is 1. The monoisotopic (exact) mass is 295 g/mol. The number of nitrogens with one attached hydrogen (secondary N) is 1. The van der Waals surface area contributed by atoms with Gasteiger partial charge >= 0.3 is 0 Å². The molecule has 16 heavy (non-hydrogen) atoms. The van der Waals surface area contributed by atoms with Gasteiger partial charge in [0.2, 0.25) is 5.78 Å². The molecule has 0 fully saturated rings. The van der Waals surface area contributed by atoms with E-state index in [0.29, 0.717) is 5.56 Å². The number of ketones is 1. The highest BCUT2D eigenvalue weighted by Gasteiger charge is 2.11. The minimum Gasteiger partial charge on any atom is -0.388 e. The Morgan fingerprint density at radius 2 is 2.12 bits per heavy atom. The van der Waals surface area contributed by atoms with Gasteiger partial charge in [-0.25, -0.2) is 0 Å². The second-order valence-electron chi connectivity index (χ2n) is 3.26. The number of hydrogen-bond acceptors (Lipinski definition) is 3. The molecular weight excluding hydrogens is 286 g/mol.